The summed E-state index contributed by atoms with van der Waals surface area (Å²) >= 11 is 0. The Bertz CT molecular complexity index is 3280. The number of rotatable bonds is 5. The number of fused-ring (bicyclic) bond motifs is 8. The molecule has 0 unspecified atom stereocenters. The molecule has 3 heterocycles. The van der Waals surface area contributed by atoms with Gasteiger partial charge in [0.1, 0.15) is 0 Å². The highest BCUT2D eigenvalue weighted by Crippen LogP contribution is 2.53. The summed E-state index contributed by atoms with van der Waals surface area (Å²) in [6, 6.07) is 69.4. The fourth-order valence-electron chi connectivity index (χ4n) is 9.01. The van der Waals surface area contributed by atoms with E-state index in [-0.39, 0.29) is 0 Å². The van der Waals surface area contributed by atoms with E-state index >= 15 is 0 Å². The van der Waals surface area contributed by atoms with Crippen LogP contribution in [0, 0.1) is 0 Å². The number of hydrogen-bond donors (Lipinski definition) is 0. The van der Waals surface area contributed by atoms with Crippen LogP contribution in [0.5, 0.6) is 0 Å². The molecule has 0 atom stereocenters. The Labute approximate surface area is 323 Å². The van der Waals surface area contributed by atoms with Gasteiger partial charge in [-0.05, 0) is 76.0 Å². The first-order valence-electron chi connectivity index (χ1n) is 19.1. The standard InChI is InChI=1S/C52H32N4/c1-4-14-33(15-5-1)44-32-45(34-16-6-2-7-17-34)54-52(53-44)56-46-25-11-10-22-39(46)42-30-36(26-28-47(42)56)37-27-29-48-43(31-37)50-40-23-12-18-35-19-13-24-41(49(35)40)51(50)55(48)38-20-8-3-9-21-38/h1-32H. The summed E-state index contributed by atoms with van der Waals surface area (Å²) in [5.41, 5.74) is 15.9. The van der Waals surface area contributed by atoms with E-state index in [0.29, 0.717) is 5.95 Å². The van der Waals surface area contributed by atoms with Crippen molar-refractivity contribution in [2.75, 3.05) is 0 Å². The second-order valence-corrected chi connectivity index (χ2v) is 14.6. The van der Waals surface area contributed by atoms with Crippen LogP contribution < -0.4 is 0 Å². The average Bonchev–Trinajstić information content (AvgIpc) is 3.91. The second-order valence-electron chi connectivity index (χ2n) is 14.6. The minimum absolute atomic E-state index is 0.650. The number of aromatic nitrogens is 4. The van der Waals surface area contributed by atoms with Gasteiger partial charge in [-0.1, -0.05) is 146 Å². The molecule has 1 aliphatic rings. The van der Waals surface area contributed by atoms with Crippen LogP contribution in [0.4, 0.5) is 0 Å². The third-order valence-corrected chi connectivity index (χ3v) is 11.5. The van der Waals surface area contributed by atoms with Crippen molar-refractivity contribution in [1.29, 1.82) is 0 Å². The lowest BCUT2D eigenvalue weighted by Crippen LogP contribution is -2.03. The maximum Gasteiger partial charge on any atom is 0.235 e. The molecule has 0 aliphatic heterocycles. The molecule has 0 radical (unpaired) electrons. The van der Waals surface area contributed by atoms with Crippen molar-refractivity contribution < 1.29 is 0 Å². The molecule has 8 aromatic carbocycles. The monoisotopic (exact) mass is 712 g/mol. The van der Waals surface area contributed by atoms with Gasteiger partial charge in [0.05, 0.1) is 33.6 Å². The maximum absolute atomic E-state index is 5.23. The molecule has 3 aromatic heterocycles. The molecule has 4 heteroatoms. The van der Waals surface area contributed by atoms with Crippen molar-refractivity contribution in [3.63, 3.8) is 0 Å². The Morgan fingerprint density at radius 3 is 1.59 bits per heavy atom. The SMILES string of the molecule is c1ccc(-c2cc(-c3ccccc3)nc(-n3c4ccccc4c4cc(-c5ccc6c(c5)c5c(n6-c6ccccc6)-c6cccc7cccc-5c67)ccc43)n2)cc1. The Morgan fingerprint density at radius 2 is 0.911 bits per heavy atom. The van der Waals surface area contributed by atoms with Gasteiger partial charge in [-0.15, -0.1) is 0 Å². The molecule has 12 rings (SSSR count). The Morgan fingerprint density at radius 1 is 0.357 bits per heavy atom. The predicted molar refractivity (Wildman–Crippen MR) is 231 cm³/mol. The molecule has 0 bridgehead atoms. The van der Waals surface area contributed by atoms with Crippen LogP contribution in [-0.2, 0) is 0 Å². The van der Waals surface area contributed by atoms with Crippen LogP contribution in [0.15, 0.2) is 194 Å². The van der Waals surface area contributed by atoms with E-state index in [2.05, 4.69) is 191 Å². The Balaban J connectivity index is 1.07. The van der Waals surface area contributed by atoms with Crippen LogP contribution in [0.1, 0.15) is 0 Å². The molecule has 56 heavy (non-hydrogen) atoms. The number of hydrogen-bond acceptors (Lipinski definition) is 2. The molecular weight excluding hydrogens is 681 g/mol. The van der Waals surface area contributed by atoms with Gasteiger partial charge in [-0.2, -0.15) is 0 Å². The van der Waals surface area contributed by atoms with E-state index in [1.165, 1.54) is 66.3 Å². The van der Waals surface area contributed by atoms with Crippen molar-refractivity contribution in [2.45, 2.75) is 0 Å². The zero-order valence-corrected chi connectivity index (χ0v) is 30.3. The summed E-state index contributed by atoms with van der Waals surface area (Å²) < 4.78 is 4.68. The number of nitrogens with zero attached hydrogens (tertiary/aromatic N) is 4. The average molecular weight is 713 g/mol. The van der Waals surface area contributed by atoms with E-state index in [0.717, 1.165) is 38.9 Å². The van der Waals surface area contributed by atoms with Crippen molar-refractivity contribution in [2.24, 2.45) is 0 Å². The molecule has 260 valence electrons. The summed E-state index contributed by atoms with van der Waals surface area (Å²) in [4.78, 5) is 10.5. The third-order valence-electron chi connectivity index (χ3n) is 11.5. The molecule has 1 aliphatic carbocycles. The molecule has 0 N–H and O–H groups in total. The maximum atomic E-state index is 5.23. The molecular formula is C52H32N4. The van der Waals surface area contributed by atoms with Gasteiger partial charge in [-0.25, -0.2) is 9.97 Å². The zero-order chi connectivity index (χ0) is 36.7. The zero-order valence-electron chi connectivity index (χ0n) is 30.3. The van der Waals surface area contributed by atoms with Gasteiger partial charge in [0, 0.05) is 44.1 Å². The van der Waals surface area contributed by atoms with E-state index in [1.54, 1.807) is 0 Å². The largest absolute Gasteiger partial charge is 0.309 e. The first-order valence-corrected chi connectivity index (χ1v) is 19.1. The molecule has 11 aromatic rings. The number of para-hydroxylation sites is 2. The van der Waals surface area contributed by atoms with Crippen LogP contribution in [0.25, 0.3) is 111 Å². The van der Waals surface area contributed by atoms with E-state index in [1.807, 2.05) is 12.1 Å². The van der Waals surface area contributed by atoms with Crippen molar-refractivity contribution >= 4 is 43.5 Å². The summed E-state index contributed by atoms with van der Waals surface area (Å²) in [6.45, 7) is 0. The highest BCUT2D eigenvalue weighted by Gasteiger charge is 2.29. The lowest BCUT2D eigenvalue weighted by molar-refractivity contribution is 0.995. The highest BCUT2D eigenvalue weighted by atomic mass is 15.2. The van der Waals surface area contributed by atoms with Gasteiger partial charge in [0.2, 0.25) is 5.95 Å². The minimum Gasteiger partial charge on any atom is -0.309 e. The second kappa shape index (κ2) is 12.0. The third kappa shape index (κ3) is 4.53. The lowest BCUT2D eigenvalue weighted by atomic mass is 9.98. The molecule has 0 spiro atoms. The molecule has 4 nitrogen and oxygen atoms in total. The first-order chi connectivity index (χ1) is 27.8. The summed E-state index contributed by atoms with van der Waals surface area (Å²) in [6.07, 6.45) is 0. The highest BCUT2D eigenvalue weighted by molar-refractivity contribution is 6.22. The topological polar surface area (TPSA) is 35.6 Å². The van der Waals surface area contributed by atoms with Crippen LogP contribution >= 0.6 is 0 Å². The fourth-order valence-corrected chi connectivity index (χ4v) is 9.01. The minimum atomic E-state index is 0.650. The van der Waals surface area contributed by atoms with Crippen LogP contribution in [0.3, 0.4) is 0 Å². The quantitative estimate of drug-likeness (QED) is 0.178. The van der Waals surface area contributed by atoms with Gasteiger partial charge in [0.15, 0.2) is 0 Å². The van der Waals surface area contributed by atoms with Crippen molar-refractivity contribution in [1.82, 2.24) is 19.1 Å². The molecule has 0 fully saturated rings. The van der Waals surface area contributed by atoms with Crippen molar-refractivity contribution in [3.05, 3.63) is 194 Å². The van der Waals surface area contributed by atoms with Crippen molar-refractivity contribution in [3.8, 4) is 67.7 Å². The van der Waals surface area contributed by atoms with E-state index in [9.17, 15) is 0 Å². The summed E-state index contributed by atoms with van der Waals surface area (Å²) in [5.74, 6) is 0.650. The van der Waals surface area contributed by atoms with E-state index in [4.69, 9.17) is 9.97 Å². The molecule has 0 saturated carbocycles. The van der Waals surface area contributed by atoms with Crippen LogP contribution in [0.2, 0.25) is 0 Å². The molecule has 0 saturated heterocycles. The number of benzene rings is 8. The normalized spacial score (nSPS) is 11.9. The molecule has 0 amide bonds. The van der Waals surface area contributed by atoms with Gasteiger partial charge >= 0.3 is 0 Å². The van der Waals surface area contributed by atoms with Gasteiger partial charge in [0.25, 0.3) is 0 Å². The lowest BCUT2D eigenvalue weighted by Gasteiger charge is -2.12. The first kappa shape index (κ1) is 30.9. The van der Waals surface area contributed by atoms with Gasteiger partial charge < -0.3 is 4.57 Å². The van der Waals surface area contributed by atoms with Crippen LogP contribution in [-0.4, -0.2) is 19.1 Å². The fraction of sp³-hybridized carbons (Fsp3) is 0. The van der Waals surface area contributed by atoms with Gasteiger partial charge in [-0.3, -0.25) is 4.57 Å². The summed E-state index contributed by atoms with van der Waals surface area (Å²) in [5, 5.41) is 6.19. The summed E-state index contributed by atoms with van der Waals surface area (Å²) in [7, 11) is 0. The van der Waals surface area contributed by atoms with E-state index < -0.39 is 0 Å². The Hall–Kier alpha value is -7.56. The Kier molecular flexibility index (Phi) is 6.60. The smallest absolute Gasteiger partial charge is 0.235 e. The predicted octanol–water partition coefficient (Wildman–Crippen LogP) is 13.3.